The Morgan fingerprint density at radius 3 is 2.86 bits per heavy atom. The number of likely N-dealkylation sites (tertiary alicyclic amines) is 1. The number of benzene rings is 1. The molecule has 1 amide bonds. The minimum absolute atomic E-state index is 0. The van der Waals surface area contributed by atoms with Crippen molar-refractivity contribution in [3.05, 3.63) is 29.8 Å². The van der Waals surface area contributed by atoms with E-state index < -0.39 is 0 Å². The molecule has 1 saturated carbocycles. The number of ether oxygens (including phenoxy) is 2. The van der Waals surface area contributed by atoms with Gasteiger partial charge in [-0.2, -0.15) is 0 Å². The van der Waals surface area contributed by atoms with E-state index in [0.717, 1.165) is 50.4 Å². The molecule has 2 fully saturated rings. The van der Waals surface area contributed by atoms with Gasteiger partial charge in [-0.05, 0) is 49.9 Å². The van der Waals surface area contributed by atoms with Gasteiger partial charge in [-0.25, -0.2) is 0 Å². The zero-order valence-corrected chi connectivity index (χ0v) is 18.3. The highest BCUT2D eigenvalue weighted by atomic mass is 35.5. The number of amides is 1. The van der Waals surface area contributed by atoms with Gasteiger partial charge in [0.05, 0.1) is 19.1 Å². The van der Waals surface area contributed by atoms with E-state index in [1.165, 1.54) is 19.3 Å². The first kappa shape index (κ1) is 23.9. The number of carbonyl (C=O) groups excluding carboxylic acids is 1. The maximum absolute atomic E-state index is 12.3. The van der Waals surface area contributed by atoms with Crippen molar-refractivity contribution in [1.29, 1.82) is 0 Å². The van der Waals surface area contributed by atoms with E-state index in [4.69, 9.17) is 15.2 Å². The standard InChI is InChI=1S/C22H35N3O3.ClH/c1-27-15-18-5-2-7-20(13-18)28-17-22(8-4-9-22)16-25-12-3-6-19(14-25)21(26)24-11-10-23;/h2,5,7,13,19H,3-4,6,8-12,14-17,23H2,1H3,(H,24,26);1H. The van der Waals surface area contributed by atoms with Crippen LogP contribution in [-0.4, -0.2) is 57.2 Å². The van der Waals surface area contributed by atoms with Gasteiger partial charge in [0.2, 0.25) is 5.91 Å². The minimum atomic E-state index is 0. The van der Waals surface area contributed by atoms with Crippen LogP contribution >= 0.6 is 12.4 Å². The molecular weight excluding hydrogens is 390 g/mol. The van der Waals surface area contributed by atoms with E-state index in [2.05, 4.69) is 22.3 Å². The third-order valence-electron chi connectivity index (χ3n) is 6.05. The monoisotopic (exact) mass is 425 g/mol. The summed E-state index contributed by atoms with van der Waals surface area (Å²) in [6.07, 6.45) is 5.72. The van der Waals surface area contributed by atoms with Gasteiger partial charge in [0, 0.05) is 38.7 Å². The molecule has 0 aromatic heterocycles. The van der Waals surface area contributed by atoms with Gasteiger partial charge in [0.15, 0.2) is 0 Å². The lowest BCUT2D eigenvalue weighted by Crippen LogP contribution is -2.51. The van der Waals surface area contributed by atoms with Gasteiger partial charge in [-0.3, -0.25) is 4.79 Å². The van der Waals surface area contributed by atoms with Gasteiger partial charge in [0.25, 0.3) is 0 Å². The van der Waals surface area contributed by atoms with Gasteiger partial charge < -0.3 is 25.4 Å². The van der Waals surface area contributed by atoms with E-state index in [9.17, 15) is 4.79 Å². The molecule has 1 aromatic rings. The maximum Gasteiger partial charge on any atom is 0.224 e. The quantitative estimate of drug-likeness (QED) is 0.602. The van der Waals surface area contributed by atoms with Crippen LogP contribution in [0.5, 0.6) is 5.75 Å². The predicted molar refractivity (Wildman–Crippen MR) is 117 cm³/mol. The third-order valence-corrected chi connectivity index (χ3v) is 6.05. The fourth-order valence-electron chi connectivity index (χ4n) is 4.38. The van der Waals surface area contributed by atoms with Crippen molar-refractivity contribution < 1.29 is 14.3 Å². The van der Waals surface area contributed by atoms with Gasteiger partial charge >= 0.3 is 0 Å². The topological polar surface area (TPSA) is 76.8 Å². The van der Waals surface area contributed by atoms with Crippen LogP contribution in [-0.2, 0) is 16.1 Å². The summed E-state index contributed by atoms with van der Waals surface area (Å²) in [5, 5.41) is 2.95. The lowest BCUT2D eigenvalue weighted by atomic mass is 9.68. The summed E-state index contributed by atoms with van der Waals surface area (Å²) in [6, 6.07) is 8.16. The molecule has 1 heterocycles. The lowest BCUT2D eigenvalue weighted by Gasteiger charge is -2.46. The number of methoxy groups -OCH3 is 1. The average Bonchev–Trinajstić information content (AvgIpc) is 2.69. The summed E-state index contributed by atoms with van der Waals surface area (Å²) in [4.78, 5) is 14.8. The molecule has 7 heteroatoms. The van der Waals surface area contributed by atoms with Crippen molar-refractivity contribution in [2.75, 3.05) is 46.4 Å². The Balaban J connectivity index is 0.00000300. The van der Waals surface area contributed by atoms with Crippen LogP contribution < -0.4 is 15.8 Å². The van der Waals surface area contributed by atoms with Crippen LogP contribution in [0.25, 0.3) is 0 Å². The number of rotatable bonds is 10. The normalized spacial score (nSPS) is 21.0. The summed E-state index contributed by atoms with van der Waals surface area (Å²) >= 11 is 0. The van der Waals surface area contributed by atoms with Crippen LogP contribution in [0.2, 0.25) is 0 Å². The number of carbonyl (C=O) groups is 1. The summed E-state index contributed by atoms with van der Waals surface area (Å²) < 4.78 is 11.4. The van der Waals surface area contributed by atoms with E-state index in [0.29, 0.717) is 19.7 Å². The molecule has 2 aliphatic rings. The number of hydrogen-bond donors (Lipinski definition) is 2. The third kappa shape index (κ3) is 6.85. The van der Waals surface area contributed by atoms with Crippen molar-refractivity contribution in [2.24, 2.45) is 17.1 Å². The van der Waals surface area contributed by atoms with Crippen molar-refractivity contribution in [3.63, 3.8) is 0 Å². The van der Waals surface area contributed by atoms with Crippen LogP contribution in [0.15, 0.2) is 24.3 Å². The number of hydrogen-bond acceptors (Lipinski definition) is 5. The lowest BCUT2D eigenvalue weighted by molar-refractivity contribution is -0.127. The molecule has 1 saturated heterocycles. The molecule has 1 aliphatic heterocycles. The summed E-state index contributed by atoms with van der Waals surface area (Å²) in [5.74, 6) is 1.16. The number of piperidine rings is 1. The van der Waals surface area contributed by atoms with Crippen LogP contribution in [0.3, 0.4) is 0 Å². The van der Waals surface area contributed by atoms with Crippen molar-refractivity contribution in [2.45, 2.75) is 38.7 Å². The first-order valence-corrected chi connectivity index (χ1v) is 10.5. The molecule has 6 nitrogen and oxygen atoms in total. The largest absolute Gasteiger partial charge is 0.493 e. The molecule has 29 heavy (non-hydrogen) atoms. The highest BCUT2D eigenvalue weighted by Crippen LogP contribution is 2.42. The molecule has 164 valence electrons. The van der Waals surface area contributed by atoms with Crippen LogP contribution in [0.1, 0.15) is 37.7 Å². The van der Waals surface area contributed by atoms with E-state index in [-0.39, 0.29) is 29.6 Å². The molecule has 1 unspecified atom stereocenters. The zero-order chi connectivity index (χ0) is 19.8. The summed E-state index contributed by atoms with van der Waals surface area (Å²) in [5.41, 5.74) is 6.85. The average molecular weight is 426 g/mol. The van der Waals surface area contributed by atoms with Gasteiger partial charge in [-0.15, -0.1) is 12.4 Å². The van der Waals surface area contributed by atoms with E-state index in [1.807, 2.05) is 12.1 Å². The van der Waals surface area contributed by atoms with Crippen molar-refractivity contribution in [1.82, 2.24) is 10.2 Å². The van der Waals surface area contributed by atoms with Gasteiger partial charge in [0.1, 0.15) is 5.75 Å². The Morgan fingerprint density at radius 1 is 1.34 bits per heavy atom. The number of nitrogens with zero attached hydrogens (tertiary/aromatic N) is 1. The van der Waals surface area contributed by atoms with Crippen molar-refractivity contribution in [3.8, 4) is 5.75 Å². The van der Waals surface area contributed by atoms with Crippen LogP contribution in [0, 0.1) is 11.3 Å². The predicted octanol–water partition coefficient (Wildman–Crippen LogP) is 2.59. The van der Waals surface area contributed by atoms with Crippen LogP contribution in [0.4, 0.5) is 0 Å². The van der Waals surface area contributed by atoms with Gasteiger partial charge in [-0.1, -0.05) is 18.6 Å². The molecule has 1 atom stereocenters. The molecule has 1 aromatic carbocycles. The second-order valence-electron chi connectivity index (χ2n) is 8.38. The SMILES string of the molecule is COCc1cccc(OCC2(CN3CCCC(C(=O)NCCN)C3)CCC2)c1.Cl. The molecule has 3 rings (SSSR count). The second kappa shape index (κ2) is 11.7. The highest BCUT2D eigenvalue weighted by molar-refractivity contribution is 5.85. The Bertz CT molecular complexity index is 639. The fourth-order valence-corrected chi connectivity index (χ4v) is 4.38. The Morgan fingerprint density at radius 2 is 2.17 bits per heavy atom. The molecule has 3 N–H and O–H groups in total. The van der Waals surface area contributed by atoms with E-state index >= 15 is 0 Å². The molecule has 0 spiro atoms. The molecular formula is C22H36ClN3O3. The summed E-state index contributed by atoms with van der Waals surface area (Å²) in [7, 11) is 1.71. The number of nitrogens with one attached hydrogen (secondary N) is 1. The van der Waals surface area contributed by atoms with E-state index in [1.54, 1.807) is 7.11 Å². The first-order chi connectivity index (χ1) is 13.6. The summed E-state index contributed by atoms with van der Waals surface area (Å²) in [6.45, 7) is 5.34. The first-order valence-electron chi connectivity index (χ1n) is 10.5. The Hall–Kier alpha value is -1.34. The molecule has 0 bridgehead atoms. The fraction of sp³-hybridized carbons (Fsp3) is 0.682. The number of nitrogens with two attached hydrogens (primary N) is 1. The Labute approximate surface area is 180 Å². The smallest absolute Gasteiger partial charge is 0.224 e. The minimum Gasteiger partial charge on any atom is -0.493 e. The molecule has 1 aliphatic carbocycles. The molecule has 0 radical (unpaired) electrons. The highest BCUT2D eigenvalue weighted by Gasteiger charge is 2.40. The zero-order valence-electron chi connectivity index (χ0n) is 17.5. The van der Waals surface area contributed by atoms with Crippen molar-refractivity contribution >= 4 is 18.3 Å². The Kier molecular flexibility index (Phi) is 9.69. The maximum atomic E-state index is 12.3. The second-order valence-corrected chi connectivity index (χ2v) is 8.38. The number of halogens is 1.